The quantitative estimate of drug-likeness (QED) is 0.489. The average molecular weight is 434 g/mol. The van der Waals surface area contributed by atoms with Crippen molar-refractivity contribution < 1.29 is 22.0 Å². The molecular formula is C22H19F5N4. The lowest BCUT2D eigenvalue weighted by Gasteiger charge is -2.31. The van der Waals surface area contributed by atoms with E-state index in [0.29, 0.717) is 30.0 Å². The molecule has 0 spiro atoms. The maximum atomic E-state index is 14.4. The molecule has 162 valence electrons. The summed E-state index contributed by atoms with van der Waals surface area (Å²) >= 11 is 0. The van der Waals surface area contributed by atoms with Gasteiger partial charge in [-0.3, -0.25) is 0 Å². The Bertz CT molecular complexity index is 1170. The molecule has 1 aromatic heterocycles. The molecule has 2 heterocycles. The number of hydrogen-bond acceptors (Lipinski definition) is 3. The normalized spacial score (nSPS) is 20.1. The van der Waals surface area contributed by atoms with Crippen molar-refractivity contribution in [3.8, 4) is 5.69 Å². The van der Waals surface area contributed by atoms with Gasteiger partial charge in [0.1, 0.15) is 11.5 Å². The van der Waals surface area contributed by atoms with Gasteiger partial charge >= 0.3 is 6.18 Å². The van der Waals surface area contributed by atoms with Gasteiger partial charge in [-0.15, -0.1) is 0 Å². The molecule has 4 nitrogen and oxygen atoms in total. The fourth-order valence-corrected chi connectivity index (χ4v) is 4.62. The molecule has 2 N–H and O–H groups in total. The fourth-order valence-electron chi connectivity index (χ4n) is 4.62. The van der Waals surface area contributed by atoms with Crippen LogP contribution in [0.4, 0.5) is 33.3 Å². The molecule has 1 aliphatic carbocycles. The molecule has 3 aromatic rings. The maximum Gasteiger partial charge on any atom is 0.416 e. The van der Waals surface area contributed by atoms with Crippen molar-refractivity contribution in [1.82, 2.24) is 9.78 Å². The number of nitrogens with zero attached hydrogens (tertiary/aromatic N) is 2. The van der Waals surface area contributed by atoms with E-state index >= 15 is 0 Å². The topological polar surface area (TPSA) is 41.9 Å². The Kier molecular flexibility index (Phi) is 4.46. The van der Waals surface area contributed by atoms with Gasteiger partial charge in [-0.2, -0.15) is 18.3 Å². The van der Waals surface area contributed by atoms with E-state index in [4.69, 9.17) is 0 Å². The molecule has 0 amide bonds. The monoisotopic (exact) mass is 434 g/mol. The molecule has 2 atom stereocenters. The Morgan fingerprint density at radius 3 is 2.61 bits per heavy atom. The molecule has 5 rings (SSSR count). The van der Waals surface area contributed by atoms with Crippen LogP contribution in [-0.2, 0) is 12.6 Å². The second-order valence-electron chi connectivity index (χ2n) is 8.01. The van der Waals surface area contributed by atoms with E-state index in [-0.39, 0.29) is 17.6 Å². The summed E-state index contributed by atoms with van der Waals surface area (Å²) in [6, 6.07) is 6.79. The van der Waals surface area contributed by atoms with E-state index in [1.165, 1.54) is 22.9 Å². The van der Waals surface area contributed by atoms with Crippen molar-refractivity contribution in [2.75, 3.05) is 17.2 Å². The van der Waals surface area contributed by atoms with Crippen LogP contribution in [-0.4, -0.2) is 16.3 Å². The number of benzene rings is 2. The van der Waals surface area contributed by atoms with Gasteiger partial charge in [0.2, 0.25) is 0 Å². The molecular weight excluding hydrogens is 415 g/mol. The predicted molar refractivity (Wildman–Crippen MR) is 106 cm³/mol. The summed E-state index contributed by atoms with van der Waals surface area (Å²) in [6.07, 6.45) is -3.05. The first-order valence-electron chi connectivity index (χ1n) is 9.98. The van der Waals surface area contributed by atoms with Gasteiger partial charge in [0.25, 0.3) is 0 Å². The van der Waals surface area contributed by atoms with E-state index < -0.39 is 23.4 Å². The number of halogens is 5. The third-order valence-electron chi connectivity index (χ3n) is 6.09. The molecule has 1 aliphatic heterocycles. The van der Waals surface area contributed by atoms with Gasteiger partial charge < -0.3 is 10.6 Å². The second kappa shape index (κ2) is 6.96. The minimum atomic E-state index is -4.42. The van der Waals surface area contributed by atoms with Crippen molar-refractivity contribution in [1.29, 1.82) is 0 Å². The van der Waals surface area contributed by atoms with Crippen molar-refractivity contribution in [2.24, 2.45) is 5.92 Å². The first-order chi connectivity index (χ1) is 14.7. The van der Waals surface area contributed by atoms with Crippen LogP contribution in [0.1, 0.15) is 35.0 Å². The molecule has 2 aromatic carbocycles. The average Bonchev–Trinajstić information content (AvgIpc) is 2.92. The number of alkyl halides is 3. The summed E-state index contributed by atoms with van der Waals surface area (Å²) in [5, 5.41) is 11.1. The van der Waals surface area contributed by atoms with Crippen molar-refractivity contribution in [2.45, 2.75) is 32.0 Å². The second-order valence-corrected chi connectivity index (χ2v) is 8.01. The number of hydrogen-bond donors (Lipinski definition) is 2. The van der Waals surface area contributed by atoms with Crippen LogP contribution in [0.5, 0.6) is 0 Å². The highest BCUT2D eigenvalue weighted by Crippen LogP contribution is 2.44. The van der Waals surface area contributed by atoms with Crippen LogP contribution >= 0.6 is 0 Å². The van der Waals surface area contributed by atoms with Gasteiger partial charge in [-0.1, -0.05) is 0 Å². The number of aromatic nitrogens is 2. The standard InChI is InChI=1S/C22H19F5N4/c1-11-20-19(31(30-11)18-7-4-14(23)9-15(18)24)6-2-12-10-28-17-8-13(22(25,26)27)3-5-16(17)29-21(12)20/h3-5,7-9,12,21,28-29H,2,6,10H2,1H3. The Labute approximate surface area is 175 Å². The molecule has 0 saturated heterocycles. The first kappa shape index (κ1) is 19.8. The van der Waals surface area contributed by atoms with E-state index in [0.717, 1.165) is 35.9 Å². The van der Waals surface area contributed by atoms with E-state index in [1.807, 2.05) is 6.92 Å². The van der Waals surface area contributed by atoms with Gasteiger partial charge in [0, 0.05) is 29.8 Å². The van der Waals surface area contributed by atoms with Crippen molar-refractivity contribution in [3.63, 3.8) is 0 Å². The fraction of sp³-hybridized carbons (Fsp3) is 0.318. The Morgan fingerprint density at radius 1 is 1.06 bits per heavy atom. The third-order valence-corrected chi connectivity index (χ3v) is 6.09. The molecule has 2 unspecified atom stereocenters. The molecule has 9 heteroatoms. The number of nitrogens with one attached hydrogen (secondary N) is 2. The molecule has 0 saturated carbocycles. The molecule has 2 aliphatic rings. The van der Waals surface area contributed by atoms with Crippen LogP contribution in [0, 0.1) is 24.5 Å². The van der Waals surface area contributed by atoms with Crippen LogP contribution < -0.4 is 10.6 Å². The van der Waals surface area contributed by atoms with Crippen LogP contribution in [0.3, 0.4) is 0 Å². The summed E-state index contributed by atoms with van der Waals surface area (Å²) in [5.41, 5.74) is 2.89. The van der Waals surface area contributed by atoms with Crippen LogP contribution in [0.15, 0.2) is 36.4 Å². The van der Waals surface area contributed by atoms with Gasteiger partial charge in [0.15, 0.2) is 5.82 Å². The predicted octanol–water partition coefficient (Wildman–Crippen LogP) is 5.62. The van der Waals surface area contributed by atoms with Crippen LogP contribution in [0.2, 0.25) is 0 Å². The zero-order valence-electron chi connectivity index (χ0n) is 16.5. The summed E-state index contributed by atoms with van der Waals surface area (Å²) < 4.78 is 68.6. The lowest BCUT2D eigenvalue weighted by atomic mass is 9.81. The third kappa shape index (κ3) is 3.32. The number of fused-ring (bicyclic) bond motifs is 4. The molecule has 0 fully saturated rings. The SMILES string of the molecule is Cc1nn(-c2ccc(F)cc2F)c2c1C1Nc3ccc(C(F)(F)F)cc3NCC1CC2. The highest BCUT2D eigenvalue weighted by atomic mass is 19.4. The van der Waals surface area contributed by atoms with E-state index in [1.54, 1.807) is 0 Å². The number of anilines is 2. The molecule has 0 bridgehead atoms. The summed E-state index contributed by atoms with van der Waals surface area (Å²) in [6.45, 7) is 2.33. The zero-order chi connectivity index (χ0) is 21.9. The highest BCUT2D eigenvalue weighted by Gasteiger charge is 2.37. The largest absolute Gasteiger partial charge is 0.416 e. The van der Waals surface area contributed by atoms with Crippen LogP contribution in [0.25, 0.3) is 5.69 Å². The number of rotatable bonds is 1. The van der Waals surface area contributed by atoms with Gasteiger partial charge in [-0.25, -0.2) is 13.5 Å². The summed E-state index contributed by atoms with van der Waals surface area (Å²) in [5.74, 6) is -1.25. The molecule has 0 radical (unpaired) electrons. The highest BCUT2D eigenvalue weighted by molar-refractivity contribution is 5.72. The summed E-state index contributed by atoms with van der Waals surface area (Å²) in [7, 11) is 0. The van der Waals surface area contributed by atoms with E-state index in [9.17, 15) is 22.0 Å². The van der Waals surface area contributed by atoms with Gasteiger partial charge in [0.05, 0.1) is 28.7 Å². The number of aryl methyl sites for hydroxylation is 1. The van der Waals surface area contributed by atoms with Gasteiger partial charge in [-0.05, 0) is 50.1 Å². The Hall–Kier alpha value is -3.10. The smallest absolute Gasteiger partial charge is 0.383 e. The first-order valence-corrected chi connectivity index (χ1v) is 9.98. The molecule has 31 heavy (non-hydrogen) atoms. The maximum absolute atomic E-state index is 14.4. The lowest BCUT2D eigenvalue weighted by molar-refractivity contribution is -0.137. The summed E-state index contributed by atoms with van der Waals surface area (Å²) in [4.78, 5) is 0. The van der Waals surface area contributed by atoms with Crippen molar-refractivity contribution in [3.05, 3.63) is 70.5 Å². The lowest BCUT2D eigenvalue weighted by Crippen LogP contribution is -2.30. The Morgan fingerprint density at radius 2 is 1.87 bits per heavy atom. The van der Waals surface area contributed by atoms with Crippen molar-refractivity contribution >= 4 is 11.4 Å². The zero-order valence-corrected chi connectivity index (χ0v) is 16.5. The minimum Gasteiger partial charge on any atom is -0.383 e. The minimum absolute atomic E-state index is 0.114. The Balaban J connectivity index is 1.56. The van der Waals surface area contributed by atoms with E-state index in [2.05, 4.69) is 15.7 Å².